The largest absolute Gasteiger partial charge is 0.425 e. The van der Waals surface area contributed by atoms with Crippen LogP contribution in [0.1, 0.15) is 34.7 Å². The van der Waals surface area contributed by atoms with Crippen molar-refractivity contribution in [2.45, 2.75) is 68.9 Å². The van der Waals surface area contributed by atoms with Gasteiger partial charge in [0, 0.05) is 37.3 Å². The molecule has 0 unspecified atom stereocenters. The maximum Gasteiger partial charge on any atom is 0.330 e. The van der Waals surface area contributed by atoms with E-state index in [1.54, 1.807) is 140 Å². The van der Waals surface area contributed by atoms with Crippen LogP contribution in [0.15, 0.2) is 152 Å². The molecule has 7 amide bonds. The maximum atomic E-state index is 14.2. The lowest BCUT2D eigenvalue weighted by Crippen LogP contribution is -2.59. The summed E-state index contributed by atoms with van der Waals surface area (Å²) in [5.74, 6) is -5.98. The SMILES string of the molecule is C[C@@H](O)[C@H](N)C(=O)N[C@@H](Cc1ccccc1)C(=O)N[C@@H](Cc1ccccc1)C(=O)NCC(=O)N[C@@H](Cc1ccccc1)C(=O)N[C@@H](Cc1ccccc1)C(=O)NCC(=O)Oc1ccccc1/C=C/C(N)=O. The van der Waals surface area contributed by atoms with E-state index in [1.807, 2.05) is 0 Å². The molecule has 0 spiro atoms. The first-order valence-electron chi connectivity index (χ1n) is 22.8. The number of benzene rings is 5. The Labute approximate surface area is 411 Å². The molecule has 18 nitrogen and oxygen atoms in total. The molecule has 5 rings (SSSR count). The third-order valence-corrected chi connectivity index (χ3v) is 10.9. The molecule has 0 bridgehead atoms. The van der Waals surface area contributed by atoms with E-state index in [4.69, 9.17) is 16.2 Å². The van der Waals surface area contributed by atoms with Gasteiger partial charge in [0.25, 0.3) is 0 Å². The Morgan fingerprint density at radius 1 is 0.507 bits per heavy atom. The number of aliphatic hydroxyl groups excluding tert-OH is 1. The zero-order valence-electron chi connectivity index (χ0n) is 39.0. The average molecular weight is 967 g/mol. The van der Waals surface area contributed by atoms with Gasteiger partial charge in [0.15, 0.2) is 0 Å². The van der Waals surface area contributed by atoms with E-state index in [9.17, 15) is 43.5 Å². The first-order valence-corrected chi connectivity index (χ1v) is 22.8. The summed E-state index contributed by atoms with van der Waals surface area (Å²) in [7, 11) is 0. The van der Waals surface area contributed by atoms with Crippen LogP contribution in [0.5, 0.6) is 5.75 Å². The van der Waals surface area contributed by atoms with Crippen molar-refractivity contribution in [3.63, 3.8) is 0 Å². The van der Waals surface area contributed by atoms with Crippen LogP contribution in [0.4, 0.5) is 0 Å². The van der Waals surface area contributed by atoms with Crippen LogP contribution >= 0.6 is 0 Å². The van der Waals surface area contributed by atoms with Gasteiger partial charge in [0.05, 0.1) is 12.6 Å². The van der Waals surface area contributed by atoms with Gasteiger partial charge in [-0.15, -0.1) is 0 Å². The van der Waals surface area contributed by atoms with Crippen molar-refractivity contribution < 1.29 is 48.2 Å². The Hall–Kier alpha value is -8.48. The first-order chi connectivity index (χ1) is 34.1. The van der Waals surface area contributed by atoms with Crippen molar-refractivity contribution in [2.75, 3.05) is 13.1 Å². The third-order valence-electron chi connectivity index (χ3n) is 10.9. The van der Waals surface area contributed by atoms with Gasteiger partial charge in [-0.2, -0.15) is 0 Å². The predicted molar refractivity (Wildman–Crippen MR) is 264 cm³/mol. The van der Waals surface area contributed by atoms with Gasteiger partial charge in [-0.3, -0.25) is 33.6 Å². The lowest BCUT2D eigenvalue weighted by atomic mass is 10.0. The number of aliphatic hydroxyl groups is 1. The number of nitrogens with one attached hydrogen (secondary N) is 6. The van der Waals surface area contributed by atoms with E-state index in [1.165, 1.54) is 19.1 Å². The monoisotopic (exact) mass is 966 g/mol. The Kier molecular flexibility index (Phi) is 20.7. The number of carbonyl (C=O) groups excluding carboxylic acids is 8. The number of ether oxygens (including phenoxy) is 1. The van der Waals surface area contributed by atoms with Crippen molar-refractivity contribution in [3.05, 3.63) is 179 Å². The summed E-state index contributed by atoms with van der Waals surface area (Å²) in [5.41, 5.74) is 14.2. The number of esters is 1. The van der Waals surface area contributed by atoms with Gasteiger partial charge >= 0.3 is 5.97 Å². The van der Waals surface area contributed by atoms with E-state index in [0.717, 1.165) is 6.08 Å². The van der Waals surface area contributed by atoms with Gasteiger partial charge in [0.1, 0.15) is 42.5 Å². The topological polar surface area (TPSA) is 290 Å². The quantitative estimate of drug-likeness (QED) is 0.0225. The Bertz CT molecular complexity index is 2620. The number of hydrogen-bond donors (Lipinski definition) is 9. The second kappa shape index (κ2) is 27.5. The summed E-state index contributed by atoms with van der Waals surface area (Å²) in [6, 6.07) is 35.2. The second-order valence-electron chi connectivity index (χ2n) is 16.5. The van der Waals surface area contributed by atoms with Crippen molar-refractivity contribution in [3.8, 4) is 5.75 Å². The molecule has 71 heavy (non-hydrogen) atoms. The van der Waals surface area contributed by atoms with Gasteiger partial charge in [-0.1, -0.05) is 140 Å². The molecular formula is C53H58N8O10. The molecule has 18 heteroatoms. The summed E-state index contributed by atoms with van der Waals surface area (Å²) in [4.78, 5) is 107. The highest BCUT2D eigenvalue weighted by Crippen LogP contribution is 2.19. The van der Waals surface area contributed by atoms with Gasteiger partial charge in [0.2, 0.25) is 41.4 Å². The number of carbonyl (C=O) groups is 8. The molecule has 0 heterocycles. The Morgan fingerprint density at radius 2 is 0.873 bits per heavy atom. The summed E-state index contributed by atoms with van der Waals surface area (Å²) in [5, 5.41) is 25.7. The van der Waals surface area contributed by atoms with Crippen molar-refractivity contribution in [1.29, 1.82) is 0 Å². The summed E-state index contributed by atoms with van der Waals surface area (Å²) in [6.45, 7) is 0.111. The standard InChI is InChI=1S/C53H58N8O10/c1-34(62)48(55)53(70)61-43(31-38-22-12-5-13-23-38)52(69)60-40(28-35-16-6-2-7-17-35)49(66)56-32-46(64)58-42(30-37-20-10-4-11-21-37)51(68)59-41(29-36-18-8-3-9-19-36)50(67)57-33-47(65)71-44-25-15-14-24-39(44)26-27-45(54)63/h2-27,34,40-43,48,62H,28-33,55H2,1H3,(H2,54,63)(H,56,66)(H,57,67)(H,58,64)(H,59,68)(H,60,69)(H,61,70)/b27-26+/t34-,40+,41+,42+,43+,48+/m1/s1. The smallest absolute Gasteiger partial charge is 0.330 e. The highest BCUT2D eigenvalue weighted by Gasteiger charge is 2.31. The Balaban J connectivity index is 1.30. The molecule has 0 fully saturated rings. The van der Waals surface area contributed by atoms with Crippen LogP contribution in [-0.4, -0.2) is 102 Å². The van der Waals surface area contributed by atoms with Crippen LogP contribution in [0.25, 0.3) is 6.08 Å². The van der Waals surface area contributed by atoms with Crippen molar-refractivity contribution >= 4 is 53.4 Å². The molecule has 6 atom stereocenters. The Morgan fingerprint density at radius 3 is 1.30 bits per heavy atom. The minimum absolute atomic E-state index is 0.00592. The van der Waals surface area contributed by atoms with Crippen LogP contribution in [0.3, 0.4) is 0 Å². The molecule has 0 aliphatic rings. The van der Waals surface area contributed by atoms with E-state index in [0.29, 0.717) is 27.8 Å². The van der Waals surface area contributed by atoms with Crippen LogP contribution in [-0.2, 0) is 64.0 Å². The van der Waals surface area contributed by atoms with Crippen LogP contribution < -0.4 is 48.1 Å². The fraction of sp³-hybridized carbons (Fsp3) is 0.245. The number of para-hydroxylation sites is 1. The molecule has 5 aromatic rings. The number of rotatable bonds is 25. The predicted octanol–water partition coefficient (Wildman–Crippen LogP) is 0.941. The van der Waals surface area contributed by atoms with E-state index in [-0.39, 0.29) is 31.4 Å². The lowest BCUT2D eigenvalue weighted by Gasteiger charge is -2.25. The van der Waals surface area contributed by atoms with Crippen molar-refractivity contribution in [1.82, 2.24) is 31.9 Å². The molecule has 5 aromatic carbocycles. The molecular weight excluding hydrogens is 909 g/mol. The van der Waals surface area contributed by atoms with Crippen LogP contribution in [0, 0.1) is 0 Å². The third kappa shape index (κ3) is 18.2. The first kappa shape index (κ1) is 53.5. The molecule has 0 aliphatic heterocycles. The second-order valence-corrected chi connectivity index (χ2v) is 16.5. The molecule has 11 N–H and O–H groups in total. The molecule has 370 valence electrons. The number of hydrogen-bond acceptors (Lipinski definition) is 11. The minimum Gasteiger partial charge on any atom is -0.425 e. The lowest BCUT2D eigenvalue weighted by molar-refractivity contribution is -0.136. The fourth-order valence-corrected chi connectivity index (χ4v) is 7.13. The summed E-state index contributed by atoms with van der Waals surface area (Å²) in [6.07, 6.45) is 1.24. The minimum atomic E-state index is -1.34. The zero-order chi connectivity index (χ0) is 51.1. The maximum absolute atomic E-state index is 14.2. The van der Waals surface area contributed by atoms with E-state index in [2.05, 4.69) is 31.9 Å². The van der Waals surface area contributed by atoms with E-state index < -0.39 is 96.7 Å². The molecule has 0 aliphatic carbocycles. The number of amides is 7. The molecule has 0 saturated heterocycles. The molecule has 0 radical (unpaired) electrons. The number of primary amides is 1. The normalized spacial score (nSPS) is 13.5. The number of nitrogens with two attached hydrogens (primary N) is 2. The zero-order valence-corrected chi connectivity index (χ0v) is 39.0. The summed E-state index contributed by atoms with van der Waals surface area (Å²) >= 11 is 0. The van der Waals surface area contributed by atoms with Gasteiger partial charge in [-0.25, -0.2) is 4.79 Å². The average Bonchev–Trinajstić information content (AvgIpc) is 3.37. The van der Waals surface area contributed by atoms with Gasteiger partial charge < -0.3 is 53.2 Å². The van der Waals surface area contributed by atoms with Crippen molar-refractivity contribution in [2.24, 2.45) is 11.5 Å². The van der Waals surface area contributed by atoms with Gasteiger partial charge in [-0.05, 0) is 41.3 Å². The molecule has 0 saturated carbocycles. The van der Waals surface area contributed by atoms with Crippen LogP contribution in [0.2, 0.25) is 0 Å². The molecule has 0 aromatic heterocycles. The van der Waals surface area contributed by atoms with E-state index >= 15 is 0 Å². The highest BCUT2D eigenvalue weighted by atomic mass is 16.5. The highest BCUT2D eigenvalue weighted by molar-refractivity contribution is 5.96. The summed E-state index contributed by atoms with van der Waals surface area (Å²) < 4.78 is 5.45. The fourth-order valence-electron chi connectivity index (χ4n) is 7.13.